The fourth-order valence-corrected chi connectivity index (χ4v) is 1.70. The van der Waals surface area contributed by atoms with Crippen LogP contribution in [0.1, 0.15) is 38.2 Å². The van der Waals surface area contributed by atoms with Crippen LogP contribution in [0.4, 0.5) is 5.69 Å². The lowest BCUT2D eigenvalue weighted by Gasteiger charge is -2.04. The molecule has 98 valence electrons. The number of hydrogen-bond donors (Lipinski definition) is 1. The van der Waals surface area contributed by atoms with Gasteiger partial charge in [-0.2, -0.15) is 0 Å². The first-order chi connectivity index (χ1) is 8.54. The second kappa shape index (κ2) is 6.74. The third kappa shape index (κ3) is 4.16. The highest BCUT2D eigenvalue weighted by Crippen LogP contribution is 2.23. The summed E-state index contributed by atoms with van der Waals surface area (Å²) in [6.45, 7) is 2.05. The van der Waals surface area contributed by atoms with Crippen LogP contribution in [-0.2, 0) is 11.2 Å². The molecule has 0 aliphatic rings. The van der Waals surface area contributed by atoms with Gasteiger partial charge in [0.05, 0.1) is 4.92 Å². The van der Waals surface area contributed by atoms with Crippen molar-refractivity contribution in [3.63, 3.8) is 0 Å². The predicted octanol–water partition coefficient (Wildman–Crippen LogP) is 2.99. The van der Waals surface area contributed by atoms with Gasteiger partial charge in [0.15, 0.2) is 0 Å². The molecule has 0 aliphatic carbocycles. The van der Waals surface area contributed by atoms with Crippen LogP contribution in [-0.4, -0.2) is 15.8 Å². The minimum Gasteiger partial charge on any atom is -0.508 e. The smallest absolute Gasteiger partial charge is 0.269 e. The van der Waals surface area contributed by atoms with E-state index in [1.807, 2.05) is 0 Å². The molecule has 5 nitrogen and oxygen atoms in total. The Morgan fingerprint density at radius 3 is 2.72 bits per heavy atom. The highest BCUT2D eigenvalue weighted by Gasteiger charge is 2.13. The number of nitrogens with zero attached hydrogens (tertiary/aromatic N) is 1. The summed E-state index contributed by atoms with van der Waals surface area (Å²) in [5.74, 6) is -0.0660. The third-order valence-electron chi connectivity index (χ3n) is 2.72. The number of ketones is 1. The van der Waals surface area contributed by atoms with E-state index in [9.17, 15) is 20.0 Å². The summed E-state index contributed by atoms with van der Waals surface area (Å²) < 4.78 is 0. The maximum absolute atomic E-state index is 11.6. The number of unbranched alkanes of at least 4 members (excludes halogenated alkanes) is 2. The molecular formula is C13H17NO4. The van der Waals surface area contributed by atoms with Gasteiger partial charge in [-0.3, -0.25) is 14.9 Å². The molecule has 1 aromatic carbocycles. The number of rotatable bonds is 7. The quantitative estimate of drug-likeness (QED) is 0.459. The Morgan fingerprint density at radius 2 is 2.11 bits per heavy atom. The molecule has 1 rings (SSSR count). The maximum atomic E-state index is 11.6. The average molecular weight is 251 g/mol. The number of non-ortho nitro benzene ring substituents is 1. The lowest BCUT2D eigenvalue weighted by Crippen LogP contribution is -2.03. The molecule has 0 atom stereocenters. The number of hydrogen-bond acceptors (Lipinski definition) is 4. The number of carbonyl (C=O) groups is 1. The van der Waals surface area contributed by atoms with Crippen molar-refractivity contribution in [3.8, 4) is 5.75 Å². The molecule has 0 fully saturated rings. The summed E-state index contributed by atoms with van der Waals surface area (Å²) in [6.07, 6.45) is 3.36. The standard InChI is InChI=1S/C13H17NO4/c1-2-3-4-5-12(15)9-10-8-11(14(17)18)6-7-13(10)16/h6-8,16H,2-5,9H2,1H3. The first-order valence-electron chi connectivity index (χ1n) is 6.02. The molecule has 0 aromatic heterocycles. The van der Waals surface area contributed by atoms with E-state index in [0.717, 1.165) is 19.3 Å². The largest absolute Gasteiger partial charge is 0.508 e. The number of phenols is 1. The van der Waals surface area contributed by atoms with Gasteiger partial charge >= 0.3 is 0 Å². The molecule has 0 unspecified atom stereocenters. The van der Waals surface area contributed by atoms with Crippen molar-refractivity contribution in [3.05, 3.63) is 33.9 Å². The number of nitro groups is 1. The first kappa shape index (κ1) is 14.2. The van der Waals surface area contributed by atoms with Crippen molar-refractivity contribution in [2.45, 2.75) is 39.0 Å². The molecule has 0 heterocycles. The Balaban J connectivity index is 2.68. The Labute approximate surface area is 106 Å². The van der Waals surface area contributed by atoms with Gasteiger partial charge in [0.2, 0.25) is 0 Å². The molecule has 0 amide bonds. The van der Waals surface area contributed by atoms with E-state index in [1.165, 1.54) is 18.2 Å². The number of phenolic OH excluding ortho intramolecular Hbond substituents is 1. The average Bonchev–Trinajstić information content (AvgIpc) is 2.32. The zero-order valence-corrected chi connectivity index (χ0v) is 10.4. The molecule has 0 saturated heterocycles. The summed E-state index contributed by atoms with van der Waals surface area (Å²) in [6, 6.07) is 3.74. The van der Waals surface area contributed by atoms with E-state index >= 15 is 0 Å². The van der Waals surface area contributed by atoms with Gasteiger partial charge in [0.1, 0.15) is 11.5 Å². The van der Waals surface area contributed by atoms with E-state index < -0.39 is 4.92 Å². The summed E-state index contributed by atoms with van der Waals surface area (Å²) >= 11 is 0. The number of benzene rings is 1. The van der Waals surface area contributed by atoms with Gasteiger partial charge < -0.3 is 5.11 Å². The molecule has 5 heteroatoms. The summed E-state index contributed by atoms with van der Waals surface area (Å²) in [7, 11) is 0. The van der Waals surface area contributed by atoms with Gasteiger partial charge in [-0.25, -0.2) is 0 Å². The highest BCUT2D eigenvalue weighted by atomic mass is 16.6. The van der Waals surface area contributed by atoms with Gasteiger partial charge in [-0.05, 0) is 12.5 Å². The molecule has 0 aliphatic heterocycles. The van der Waals surface area contributed by atoms with Crippen molar-refractivity contribution < 1.29 is 14.8 Å². The highest BCUT2D eigenvalue weighted by molar-refractivity contribution is 5.81. The molecule has 0 radical (unpaired) electrons. The van der Waals surface area contributed by atoms with Gasteiger partial charge in [0, 0.05) is 30.5 Å². The summed E-state index contributed by atoms with van der Waals surface area (Å²) in [5, 5.41) is 20.2. The normalized spacial score (nSPS) is 10.3. The number of aromatic hydroxyl groups is 1. The predicted molar refractivity (Wildman–Crippen MR) is 67.6 cm³/mol. The lowest BCUT2D eigenvalue weighted by molar-refractivity contribution is -0.384. The molecule has 0 bridgehead atoms. The number of Topliss-reactive ketones (excluding diaryl/α,β-unsaturated/α-hetero) is 1. The summed E-state index contributed by atoms with van der Waals surface area (Å²) in [5.41, 5.74) is 0.217. The van der Waals surface area contributed by atoms with Crippen molar-refractivity contribution in [1.29, 1.82) is 0 Å². The van der Waals surface area contributed by atoms with Crippen LogP contribution in [0.25, 0.3) is 0 Å². The summed E-state index contributed by atoms with van der Waals surface area (Å²) in [4.78, 5) is 21.7. The number of carbonyl (C=O) groups excluding carboxylic acids is 1. The lowest BCUT2D eigenvalue weighted by atomic mass is 10.0. The molecule has 0 spiro atoms. The monoisotopic (exact) mass is 251 g/mol. The molecule has 1 N–H and O–H groups in total. The molecular weight excluding hydrogens is 234 g/mol. The van der Waals surface area contributed by atoms with Gasteiger partial charge in [-0.1, -0.05) is 19.8 Å². The Hall–Kier alpha value is -1.91. The molecule has 0 saturated carbocycles. The fraction of sp³-hybridized carbons (Fsp3) is 0.462. The molecule has 1 aromatic rings. The van der Waals surface area contributed by atoms with E-state index in [4.69, 9.17) is 0 Å². The Morgan fingerprint density at radius 1 is 1.39 bits per heavy atom. The van der Waals surface area contributed by atoms with Crippen LogP contribution in [0.15, 0.2) is 18.2 Å². The van der Waals surface area contributed by atoms with Crippen LogP contribution < -0.4 is 0 Å². The minimum absolute atomic E-state index is 0.000696. The van der Waals surface area contributed by atoms with Gasteiger partial charge in [-0.15, -0.1) is 0 Å². The van der Waals surface area contributed by atoms with Crippen LogP contribution in [0.5, 0.6) is 5.75 Å². The van der Waals surface area contributed by atoms with Crippen LogP contribution in [0.2, 0.25) is 0 Å². The SMILES string of the molecule is CCCCCC(=O)Cc1cc([N+](=O)[O-])ccc1O. The zero-order valence-electron chi connectivity index (χ0n) is 10.4. The Bertz CT molecular complexity index is 443. The van der Waals surface area contributed by atoms with Crippen molar-refractivity contribution in [2.75, 3.05) is 0 Å². The Kier molecular flexibility index (Phi) is 5.30. The van der Waals surface area contributed by atoms with E-state index in [2.05, 4.69) is 6.92 Å². The van der Waals surface area contributed by atoms with Crippen LogP contribution in [0.3, 0.4) is 0 Å². The van der Waals surface area contributed by atoms with Crippen molar-refractivity contribution in [1.82, 2.24) is 0 Å². The topological polar surface area (TPSA) is 80.4 Å². The second-order valence-corrected chi connectivity index (χ2v) is 4.24. The van der Waals surface area contributed by atoms with Gasteiger partial charge in [0.25, 0.3) is 5.69 Å². The number of nitro benzene ring substituents is 1. The van der Waals surface area contributed by atoms with Crippen LogP contribution in [0, 0.1) is 10.1 Å². The molecule has 18 heavy (non-hydrogen) atoms. The first-order valence-corrected chi connectivity index (χ1v) is 6.02. The zero-order chi connectivity index (χ0) is 13.5. The third-order valence-corrected chi connectivity index (χ3v) is 2.72. The van der Waals surface area contributed by atoms with E-state index in [-0.39, 0.29) is 23.6 Å². The van der Waals surface area contributed by atoms with Crippen molar-refractivity contribution in [2.24, 2.45) is 0 Å². The van der Waals surface area contributed by atoms with E-state index in [1.54, 1.807) is 0 Å². The minimum atomic E-state index is -0.537. The fourth-order valence-electron chi connectivity index (χ4n) is 1.70. The van der Waals surface area contributed by atoms with Crippen LogP contribution >= 0.6 is 0 Å². The second-order valence-electron chi connectivity index (χ2n) is 4.24. The maximum Gasteiger partial charge on any atom is 0.269 e. The van der Waals surface area contributed by atoms with E-state index in [0.29, 0.717) is 12.0 Å². The van der Waals surface area contributed by atoms with Crippen molar-refractivity contribution >= 4 is 11.5 Å².